The third-order valence-corrected chi connectivity index (χ3v) is 4.46. The highest BCUT2D eigenvalue weighted by Crippen LogP contribution is 2.30. The van der Waals surface area contributed by atoms with Gasteiger partial charge in [-0.1, -0.05) is 59.1 Å². The second kappa shape index (κ2) is 10.0. The zero-order valence-electron chi connectivity index (χ0n) is 15.0. The van der Waals surface area contributed by atoms with Crippen LogP contribution in [0.15, 0.2) is 48.5 Å². The quantitative estimate of drug-likeness (QED) is 0.341. The zero-order chi connectivity index (χ0) is 20.7. The summed E-state index contributed by atoms with van der Waals surface area (Å²) in [5.41, 5.74) is 0.899. The minimum atomic E-state index is -1.88. The smallest absolute Gasteiger partial charge is 0.256 e. The summed E-state index contributed by atoms with van der Waals surface area (Å²) < 4.78 is 8.56. The van der Waals surface area contributed by atoms with Crippen molar-refractivity contribution in [3.8, 4) is 11.5 Å². The Kier molecular flexibility index (Phi) is 8.00. The fourth-order valence-corrected chi connectivity index (χ4v) is 2.83. The summed E-state index contributed by atoms with van der Waals surface area (Å²) in [6, 6.07) is 13.8. The van der Waals surface area contributed by atoms with Crippen molar-refractivity contribution >= 4 is 63.7 Å². The number of hydrogen-bond acceptors (Lipinski definition) is 4. The van der Waals surface area contributed by atoms with Crippen molar-refractivity contribution in [2.45, 2.75) is 9.96 Å². The van der Waals surface area contributed by atoms with E-state index < -0.39 is 15.9 Å². The van der Waals surface area contributed by atoms with Gasteiger partial charge in [0.1, 0.15) is 17.7 Å². The van der Waals surface area contributed by atoms with Crippen molar-refractivity contribution in [1.29, 1.82) is 0 Å². The number of anilines is 1. The number of hydrogen-bond donors (Lipinski definition) is 3. The van der Waals surface area contributed by atoms with Gasteiger partial charge in [0.05, 0.1) is 25.5 Å². The molecule has 0 spiro atoms. The van der Waals surface area contributed by atoms with Gasteiger partial charge in [0.25, 0.3) is 5.91 Å². The van der Waals surface area contributed by atoms with E-state index >= 15 is 0 Å². The van der Waals surface area contributed by atoms with Gasteiger partial charge in [-0.2, -0.15) is 0 Å². The first-order valence-corrected chi connectivity index (χ1v) is 9.51. The summed E-state index contributed by atoms with van der Waals surface area (Å²) in [6.07, 6.45) is -1.12. The molecule has 0 bridgehead atoms. The summed E-state index contributed by atoms with van der Waals surface area (Å²) in [5.74, 6) is 0.467. The van der Waals surface area contributed by atoms with Crippen LogP contribution in [0, 0.1) is 0 Å². The number of benzene rings is 2. The largest absolute Gasteiger partial charge is 0.496 e. The van der Waals surface area contributed by atoms with Gasteiger partial charge < -0.3 is 25.4 Å². The van der Waals surface area contributed by atoms with E-state index in [4.69, 9.17) is 56.5 Å². The topological polar surface area (TPSA) is 71.6 Å². The first-order chi connectivity index (χ1) is 13.3. The summed E-state index contributed by atoms with van der Waals surface area (Å²) >= 11 is 23.3. The Balaban J connectivity index is 2.13. The van der Waals surface area contributed by atoms with Crippen molar-refractivity contribution in [2.75, 3.05) is 19.5 Å². The van der Waals surface area contributed by atoms with Crippen LogP contribution in [0.25, 0.3) is 0 Å². The van der Waals surface area contributed by atoms with Gasteiger partial charge in [-0.3, -0.25) is 4.79 Å². The van der Waals surface area contributed by atoms with Gasteiger partial charge >= 0.3 is 0 Å². The van der Waals surface area contributed by atoms with E-state index in [1.165, 1.54) is 14.2 Å². The molecule has 2 aromatic rings. The molecule has 10 heteroatoms. The highest BCUT2D eigenvalue weighted by Gasteiger charge is 2.35. The Hall–Kier alpha value is -1.93. The van der Waals surface area contributed by atoms with Crippen LogP contribution in [-0.4, -0.2) is 35.2 Å². The number of carbonyl (C=O) groups is 1. The van der Waals surface area contributed by atoms with E-state index in [0.717, 1.165) is 0 Å². The van der Waals surface area contributed by atoms with Crippen molar-refractivity contribution in [1.82, 2.24) is 10.6 Å². The zero-order valence-corrected chi connectivity index (χ0v) is 18.0. The van der Waals surface area contributed by atoms with Crippen molar-refractivity contribution in [3.05, 3.63) is 54.1 Å². The molecular weight excluding hydrogens is 445 g/mol. The molecule has 0 aliphatic carbocycles. The maximum atomic E-state index is 12.6. The number of rotatable bonds is 6. The predicted molar refractivity (Wildman–Crippen MR) is 117 cm³/mol. The van der Waals surface area contributed by atoms with Crippen LogP contribution in [-0.2, 0) is 0 Å². The van der Waals surface area contributed by atoms with Crippen LogP contribution in [0.3, 0.4) is 0 Å². The molecule has 0 aliphatic heterocycles. The van der Waals surface area contributed by atoms with E-state index in [2.05, 4.69) is 16.0 Å². The molecule has 1 unspecified atom stereocenters. The number of nitrogens with one attached hydrogen (secondary N) is 3. The maximum Gasteiger partial charge on any atom is 0.256 e. The molecule has 150 valence electrons. The third-order valence-electron chi connectivity index (χ3n) is 3.58. The van der Waals surface area contributed by atoms with E-state index in [-0.39, 0.29) is 10.7 Å². The maximum absolute atomic E-state index is 12.6. The molecule has 1 amide bonds. The standard InChI is InChI=1S/C18H18Cl3N3O3S/c1-26-13-9-5-3-7-11(13)15(25)23-16(18(19,20)21)24-17(28)22-12-8-4-6-10-14(12)27-2/h3-10,16H,1-2H3,(H,23,25)(H2,22,24,28). The van der Waals surface area contributed by atoms with Crippen molar-refractivity contribution in [2.24, 2.45) is 0 Å². The molecule has 0 heterocycles. The molecule has 2 rings (SSSR count). The summed E-state index contributed by atoms with van der Waals surface area (Å²) in [6.45, 7) is 0. The minimum absolute atomic E-state index is 0.126. The molecule has 28 heavy (non-hydrogen) atoms. The fraction of sp³-hybridized carbons (Fsp3) is 0.222. The second-order valence-corrected chi connectivity index (χ2v) is 8.22. The average molecular weight is 463 g/mol. The summed E-state index contributed by atoms with van der Waals surface area (Å²) in [5, 5.41) is 8.47. The summed E-state index contributed by atoms with van der Waals surface area (Å²) in [4.78, 5) is 12.6. The van der Waals surface area contributed by atoms with Gasteiger partial charge in [0, 0.05) is 0 Å². The monoisotopic (exact) mass is 461 g/mol. The van der Waals surface area contributed by atoms with Crippen molar-refractivity contribution in [3.63, 3.8) is 0 Å². The first-order valence-electron chi connectivity index (χ1n) is 7.97. The number of para-hydroxylation sites is 3. The minimum Gasteiger partial charge on any atom is -0.496 e. The molecule has 1 atom stereocenters. The Bertz CT molecular complexity index is 846. The van der Waals surface area contributed by atoms with E-state index in [1.807, 2.05) is 12.1 Å². The number of methoxy groups -OCH3 is 2. The Labute approximate surface area is 183 Å². The number of amides is 1. The normalized spacial score (nSPS) is 11.9. The van der Waals surface area contributed by atoms with Gasteiger partial charge in [-0.15, -0.1) is 0 Å². The lowest BCUT2D eigenvalue weighted by Gasteiger charge is -2.28. The molecule has 2 aromatic carbocycles. The van der Waals surface area contributed by atoms with Gasteiger partial charge in [0.2, 0.25) is 3.79 Å². The SMILES string of the molecule is COc1ccccc1NC(=S)NC(NC(=O)c1ccccc1OC)C(Cl)(Cl)Cl. The van der Waals surface area contributed by atoms with Gasteiger partial charge in [-0.05, 0) is 36.5 Å². The fourth-order valence-electron chi connectivity index (χ4n) is 2.28. The van der Waals surface area contributed by atoms with Crippen LogP contribution >= 0.6 is 47.0 Å². The number of carbonyl (C=O) groups excluding carboxylic acids is 1. The highest BCUT2D eigenvalue weighted by molar-refractivity contribution is 7.80. The molecule has 3 N–H and O–H groups in total. The van der Waals surface area contributed by atoms with Crippen LogP contribution < -0.4 is 25.4 Å². The van der Waals surface area contributed by atoms with Crippen LogP contribution in [0.2, 0.25) is 0 Å². The molecule has 0 aromatic heterocycles. The number of thiocarbonyl (C=S) groups is 1. The number of alkyl halides is 3. The molecule has 0 radical (unpaired) electrons. The molecule has 0 saturated heterocycles. The average Bonchev–Trinajstić information content (AvgIpc) is 2.67. The highest BCUT2D eigenvalue weighted by atomic mass is 35.6. The van der Waals surface area contributed by atoms with Crippen LogP contribution in [0.4, 0.5) is 5.69 Å². The Morgan fingerprint density at radius 3 is 2.14 bits per heavy atom. The van der Waals surface area contributed by atoms with Gasteiger partial charge in [-0.25, -0.2) is 0 Å². The lowest BCUT2D eigenvalue weighted by Crippen LogP contribution is -2.56. The molecule has 0 saturated carbocycles. The first kappa shape index (κ1) is 22.4. The molecule has 0 aliphatic rings. The summed E-state index contributed by atoms with van der Waals surface area (Å²) in [7, 11) is 3.00. The molecule has 6 nitrogen and oxygen atoms in total. The van der Waals surface area contributed by atoms with E-state index in [0.29, 0.717) is 17.2 Å². The molecular formula is C18H18Cl3N3O3S. The number of ether oxygens (including phenoxy) is 2. The lowest BCUT2D eigenvalue weighted by atomic mass is 10.2. The third kappa shape index (κ3) is 6.04. The predicted octanol–water partition coefficient (Wildman–Crippen LogP) is 4.12. The van der Waals surface area contributed by atoms with E-state index in [1.54, 1.807) is 36.4 Å². The van der Waals surface area contributed by atoms with Crippen molar-refractivity contribution < 1.29 is 14.3 Å². The molecule has 0 fully saturated rings. The van der Waals surface area contributed by atoms with Gasteiger partial charge in [0.15, 0.2) is 5.11 Å². The van der Waals surface area contributed by atoms with E-state index in [9.17, 15) is 4.79 Å². The number of halogens is 3. The Morgan fingerprint density at radius 2 is 1.54 bits per heavy atom. The second-order valence-electron chi connectivity index (χ2n) is 5.45. The lowest BCUT2D eigenvalue weighted by molar-refractivity contribution is 0.0931. The van der Waals surface area contributed by atoms with Crippen LogP contribution in [0.5, 0.6) is 11.5 Å². The van der Waals surface area contributed by atoms with Crippen LogP contribution in [0.1, 0.15) is 10.4 Å². The Morgan fingerprint density at radius 1 is 0.964 bits per heavy atom.